The molecule has 10 heteroatoms. The Kier molecular flexibility index (Phi) is 9.50. The van der Waals surface area contributed by atoms with E-state index < -0.39 is 47.4 Å². The molecule has 0 N–H and O–H groups in total. The quantitative estimate of drug-likeness (QED) is 0.157. The molecule has 1 fully saturated rings. The van der Waals surface area contributed by atoms with E-state index in [-0.39, 0.29) is 0 Å². The Hall–Kier alpha value is -0.932. The molecule has 236 valence electrons. The van der Waals surface area contributed by atoms with Gasteiger partial charge in [0, 0.05) is 0 Å². The topological polar surface area (TPSA) is 22.1 Å². The first-order valence-electron chi connectivity index (χ1n) is 16.0. The van der Waals surface area contributed by atoms with E-state index in [1.54, 1.807) is 0 Å². The molecular formula is C33H58N4P2Si4. The van der Waals surface area contributed by atoms with Gasteiger partial charge in [-0.3, -0.25) is 0 Å². The van der Waals surface area contributed by atoms with Crippen LogP contribution in [0.5, 0.6) is 0 Å². The molecule has 1 atom stereocenters. The Bertz CT molecular complexity index is 1350. The van der Waals surface area contributed by atoms with Crippen LogP contribution >= 0.6 is 14.4 Å². The van der Waals surface area contributed by atoms with Crippen molar-refractivity contribution in [2.24, 2.45) is 4.41 Å². The van der Waals surface area contributed by atoms with Gasteiger partial charge in [0.2, 0.25) is 0 Å². The Morgan fingerprint density at radius 1 is 0.605 bits per heavy atom. The van der Waals surface area contributed by atoms with Crippen molar-refractivity contribution in [2.45, 2.75) is 91.9 Å². The van der Waals surface area contributed by atoms with Crippen molar-refractivity contribution in [1.29, 1.82) is 0 Å². The van der Waals surface area contributed by atoms with Gasteiger partial charge in [-0.25, -0.2) is 0 Å². The monoisotopic (exact) mass is 684 g/mol. The molecule has 3 aromatic rings. The molecule has 0 spiro atoms. The fraction of sp³-hybridized carbons (Fsp3) is 0.455. The molecule has 1 aliphatic heterocycles. The minimum atomic E-state index is -3.43. The Morgan fingerprint density at radius 3 is 1.21 bits per heavy atom. The van der Waals surface area contributed by atoms with E-state index in [1.165, 1.54) is 15.9 Å². The van der Waals surface area contributed by atoms with E-state index in [4.69, 9.17) is 4.41 Å². The first kappa shape index (κ1) is 34.9. The molecule has 3 aromatic carbocycles. The fourth-order valence-corrected chi connectivity index (χ4v) is 54.7. The van der Waals surface area contributed by atoms with E-state index in [2.05, 4.69) is 189 Å². The number of rotatable bonds is 10. The third-order valence-electron chi connectivity index (χ3n) is 8.12. The SMILES string of the molecule is CCCN1P(=N[Si](C)(C)C)(N([Si](C)(C)C)[Si](C)(C)C)N([Si](C)(C)C)P1(c1ccccc1)(c1ccccc1)c1ccccc1. The van der Waals surface area contributed by atoms with Crippen LogP contribution in [0.1, 0.15) is 13.3 Å². The van der Waals surface area contributed by atoms with Crippen molar-refractivity contribution in [3.8, 4) is 0 Å². The van der Waals surface area contributed by atoms with Crippen LogP contribution in [0.25, 0.3) is 0 Å². The second-order valence-corrected chi connectivity index (χ2v) is 45.0. The Morgan fingerprint density at radius 2 is 0.953 bits per heavy atom. The number of benzene rings is 3. The van der Waals surface area contributed by atoms with E-state index in [1.807, 2.05) is 0 Å². The summed E-state index contributed by atoms with van der Waals surface area (Å²) in [6.45, 7) is 30.9. The molecule has 4 nitrogen and oxygen atoms in total. The van der Waals surface area contributed by atoms with Gasteiger partial charge in [0.15, 0.2) is 0 Å². The molecule has 0 amide bonds. The predicted molar refractivity (Wildman–Crippen MR) is 209 cm³/mol. The van der Waals surface area contributed by atoms with Crippen molar-refractivity contribution in [3.05, 3.63) is 91.0 Å². The van der Waals surface area contributed by atoms with Gasteiger partial charge in [0.05, 0.1) is 0 Å². The summed E-state index contributed by atoms with van der Waals surface area (Å²) in [6, 6.07) is 35.1. The molecule has 43 heavy (non-hydrogen) atoms. The molecule has 4 rings (SSSR count). The minimum absolute atomic E-state index is 1.03. The predicted octanol–water partition coefficient (Wildman–Crippen LogP) is 9.96. The molecule has 1 aliphatic rings. The average Bonchev–Trinajstić information content (AvgIpc) is 2.88. The molecule has 0 saturated carbocycles. The van der Waals surface area contributed by atoms with Crippen molar-refractivity contribution in [2.75, 3.05) is 6.54 Å². The maximum absolute atomic E-state index is 6.41. The number of hydrogen-bond acceptors (Lipinski definition) is 1. The van der Waals surface area contributed by atoms with Gasteiger partial charge in [0.1, 0.15) is 0 Å². The number of nitrogens with zero attached hydrogens (tertiary/aromatic N) is 4. The molecule has 1 unspecified atom stereocenters. The summed E-state index contributed by atoms with van der Waals surface area (Å²) in [5, 5.41) is 4.40. The van der Waals surface area contributed by atoms with Crippen LogP contribution in [-0.4, -0.2) is 52.0 Å². The summed E-state index contributed by atoms with van der Waals surface area (Å²) >= 11 is 0. The van der Waals surface area contributed by atoms with Gasteiger partial charge in [-0.2, -0.15) is 0 Å². The standard InChI is InChI=1S/C33H58N4P2Si4/c1-14-30-35-38(34-40(2,3)4,37(42(8,9)10)43(11,12)13)36(41(5,6)7)39(35,31-24-18-15-19-25-31,32-26-20-16-21-27-32)33-28-22-17-23-29-33/h15-29H,14,30H2,1-13H3. The van der Waals surface area contributed by atoms with Crippen LogP contribution in [0.2, 0.25) is 78.6 Å². The van der Waals surface area contributed by atoms with Crippen LogP contribution in [0, 0.1) is 0 Å². The third-order valence-corrected chi connectivity index (χ3v) is 41.2. The molecule has 0 aromatic heterocycles. The van der Waals surface area contributed by atoms with Crippen molar-refractivity contribution >= 4 is 63.3 Å². The zero-order chi connectivity index (χ0) is 32.1. The molecule has 1 heterocycles. The van der Waals surface area contributed by atoms with Crippen LogP contribution in [0.3, 0.4) is 0 Å². The Balaban J connectivity index is 2.47. The summed E-state index contributed by atoms with van der Waals surface area (Å²) < 4.78 is 16.0. The second-order valence-electron chi connectivity index (χ2n) is 16.0. The van der Waals surface area contributed by atoms with Gasteiger partial charge >= 0.3 is 270 Å². The summed E-state index contributed by atoms with van der Waals surface area (Å²) in [5.41, 5.74) is 0. The molecule has 0 radical (unpaired) electrons. The van der Waals surface area contributed by atoms with Crippen LogP contribution < -0.4 is 15.9 Å². The van der Waals surface area contributed by atoms with E-state index in [9.17, 15) is 0 Å². The van der Waals surface area contributed by atoms with Crippen molar-refractivity contribution in [1.82, 2.24) is 12.5 Å². The van der Waals surface area contributed by atoms with Crippen molar-refractivity contribution < 1.29 is 0 Å². The van der Waals surface area contributed by atoms with Gasteiger partial charge < -0.3 is 0 Å². The average molecular weight is 685 g/mol. The zero-order valence-corrected chi connectivity index (χ0v) is 35.0. The third kappa shape index (κ3) is 5.37. The van der Waals surface area contributed by atoms with Crippen LogP contribution in [0.15, 0.2) is 95.4 Å². The summed E-state index contributed by atoms with van der Waals surface area (Å²) in [4.78, 5) is 0. The second kappa shape index (κ2) is 11.7. The van der Waals surface area contributed by atoms with Crippen LogP contribution in [-0.2, 0) is 0 Å². The molecular weight excluding hydrogens is 627 g/mol. The maximum atomic E-state index is 6.41. The summed E-state index contributed by atoms with van der Waals surface area (Å²) in [5.74, 6) is 0. The van der Waals surface area contributed by atoms with E-state index in [0.29, 0.717) is 0 Å². The van der Waals surface area contributed by atoms with E-state index >= 15 is 0 Å². The first-order chi connectivity index (χ1) is 19.8. The molecule has 0 aliphatic carbocycles. The van der Waals surface area contributed by atoms with E-state index in [0.717, 1.165) is 13.0 Å². The van der Waals surface area contributed by atoms with Gasteiger partial charge in [-0.1, -0.05) is 0 Å². The van der Waals surface area contributed by atoms with Gasteiger partial charge in [0.25, 0.3) is 0 Å². The molecule has 1 saturated heterocycles. The van der Waals surface area contributed by atoms with Crippen molar-refractivity contribution in [3.63, 3.8) is 0 Å². The normalized spacial score (nSPS) is 22.4. The van der Waals surface area contributed by atoms with Crippen LogP contribution in [0.4, 0.5) is 0 Å². The summed E-state index contributed by atoms with van der Waals surface area (Å²) in [7, 11) is -10.2. The number of hydrogen-bond donors (Lipinski definition) is 0. The first-order valence-corrected chi connectivity index (χ1v) is 33.6. The van der Waals surface area contributed by atoms with Gasteiger partial charge in [-0.05, 0) is 0 Å². The summed E-state index contributed by atoms with van der Waals surface area (Å²) in [6.07, 6.45) is 1.10. The Labute approximate surface area is 268 Å². The zero-order valence-electron chi connectivity index (χ0n) is 29.3. The molecule has 0 bridgehead atoms. The van der Waals surface area contributed by atoms with Gasteiger partial charge in [-0.15, -0.1) is 0 Å². The fourth-order valence-electron chi connectivity index (χ4n) is 7.99.